The number of halogens is 1. The van der Waals surface area contributed by atoms with Crippen LogP contribution in [-0.4, -0.2) is 47.9 Å². The number of carbonyl (C=O) groups is 2. The molecule has 1 atom stereocenters. The molecule has 1 aliphatic rings. The average molecular weight is 568 g/mol. The van der Waals surface area contributed by atoms with Gasteiger partial charge in [-0.2, -0.15) is 0 Å². The number of carbonyl (C=O) groups excluding carboxylic acids is 2. The molecule has 3 aromatic carbocycles. The fraction of sp³-hybridized carbons (Fsp3) is 0.222. The molecule has 36 heavy (non-hydrogen) atoms. The van der Waals surface area contributed by atoms with Gasteiger partial charge in [0.1, 0.15) is 5.25 Å². The largest absolute Gasteiger partial charge is 0.493 e. The standard InChI is InChI=1S/C27H26BrN3O4S/c1-34-22-13-8-18(16-23(22)35-2)14-15-31-25(32)17-24(26(33)29-21-11-9-19(28)10-12-21)36-27(31)30-20-6-4-3-5-7-20/h3-13,16,24H,14-15,17H2,1-2H3,(H,29,33). The summed E-state index contributed by atoms with van der Waals surface area (Å²) in [6, 6.07) is 22.5. The monoisotopic (exact) mass is 567 g/mol. The second kappa shape index (κ2) is 12.1. The summed E-state index contributed by atoms with van der Waals surface area (Å²) in [6.45, 7) is 0.425. The molecule has 1 heterocycles. The van der Waals surface area contributed by atoms with E-state index in [2.05, 4.69) is 21.2 Å². The number of anilines is 1. The van der Waals surface area contributed by atoms with Crippen LogP contribution >= 0.6 is 27.7 Å². The lowest BCUT2D eigenvalue weighted by atomic mass is 10.1. The number of hydrogen-bond donors (Lipinski definition) is 1. The molecule has 0 spiro atoms. The fourth-order valence-electron chi connectivity index (χ4n) is 3.71. The van der Waals surface area contributed by atoms with Crippen LogP contribution in [0.1, 0.15) is 12.0 Å². The molecule has 1 unspecified atom stereocenters. The van der Waals surface area contributed by atoms with Crippen molar-refractivity contribution in [2.75, 3.05) is 26.1 Å². The molecular weight excluding hydrogens is 542 g/mol. The molecule has 4 rings (SSSR count). The van der Waals surface area contributed by atoms with Crippen molar-refractivity contribution >= 4 is 56.0 Å². The van der Waals surface area contributed by atoms with Crippen molar-refractivity contribution < 1.29 is 19.1 Å². The Bertz CT molecular complexity index is 1250. The van der Waals surface area contributed by atoms with Gasteiger partial charge in [0.2, 0.25) is 11.8 Å². The molecule has 0 bridgehead atoms. The molecule has 1 saturated heterocycles. The Labute approximate surface area is 223 Å². The van der Waals surface area contributed by atoms with E-state index >= 15 is 0 Å². The average Bonchev–Trinajstić information content (AvgIpc) is 2.89. The topological polar surface area (TPSA) is 80.2 Å². The lowest BCUT2D eigenvalue weighted by molar-refractivity contribution is -0.129. The van der Waals surface area contributed by atoms with E-state index in [1.54, 1.807) is 19.1 Å². The Morgan fingerprint density at radius 1 is 1.06 bits per heavy atom. The van der Waals surface area contributed by atoms with E-state index in [4.69, 9.17) is 14.5 Å². The number of benzene rings is 3. The van der Waals surface area contributed by atoms with E-state index in [0.29, 0.717) is 35.3 Å². The number of ether oxygens (including phenoxy) is 2. The number of hydrogen-bond acceptors (Lipinski definition) is 6. The summed E-state index contributed by atoms with van der Waals surface area (Å²) in [5, 5.41) is 2.83. The van der Waals surface area contributed by atoms with Gasteiger partial charge in [0.05, 0.1) is 19.9 Å². The number of nitrogens with zero attached hydrogens (tertiary/aromatic N) is 2. The molecule has 0 aliphatic carbocycles. The summed E-state index contributed by atoms with van der Waals surface area (Å²) >= 11 is 4.70. The Balaban J connectivity index is 1.53. The maximum absolute atomic E-state index is 13.3. The van der Waals surface area contributed by atoms with Gasteiger partial charge in [-0.15, -0.1) is 0 Å². The van der Waals surface area contributed by atoms with Crippen molar-refractivity contribution in [3.63, 3.8) is 0 Å². The summed E-state index contributed by atoms with van der Waals surface area (Å²) < 4.78 is 11.6. The third-order valence-electron chi connectivity index (χ3n) is 5.60. The van der Waals surface area contributed by atoms with Crippen molar-refractivity contribution in [3.05, 3.63) is 82.8 Å². The number of amides is 2. The summed E-state index contributed by atoms with van der Waals surface area (Å²) in [6.07, 6.45) is 0.684. The molecule has 1 aliphatic heterocycles. The van der Waals surface area contributed by atoms with Crippen LogP contribution in [0, 0.1) is 0 Å². The first kappa shape index (κ1) is 25.8. The predicted octanol–water partition coefficient (Wildman–Crippen LogP) is 5.67. The zero-order valence-electron chi connectivity index (χ0n) is 19.9. The molecule has 9 heteroatoms. The van der Waals surface area contributed by atoms with E-state index in [9.17, 15) is 9.59 Å². The number of para-hydroxylation sites is 1. The number of thioether (sulfide) groups is 1. The zero-order chi connectivity index (χ0) is 25.5. The van der Waals surface area contributed by atoms with Crippen LogP contribution in [0.5, 0.6) is 11.5 Å². The van der Waals surface area contributed by atoms with Crippen LogP contribution in [0.3, 0.4) is 0 Å². The van der Waals surface area contributed by atoms with E-state index in [-0.39, 0.29) is 18.2 Å². The number of rotatable bonds is 8. The van der Waals surface area contributed by atoms with Crippen molar-refractivity contribution in [1.29, 1.82) is 0 Å². The van der Waals surface area contributed by atoms with Crippen molar-refractivity contribution in [2.45, 2.75) is 18.1 Å². The summed E-state index contributed by atoms with van der Waals surface area (Å²) in [5.41, 5.74) is 2.39. The van der Waals surface area contributed by atoms with Crippen LogP contribution in [0.2, 0.25) is 0 Å². The van der Waals surface area contributed by atoms with E-state index in [0.717, 1.165) is 15.7 Å². The SMILES string of the molecule is COc1ccc(CCN2C(=O)CC(C(=O)Nc3ccc(Br)cc3)SC2=Nc2ccccc2)cc1OC. The number of amidine groups is 1. The van der Waals surface area contributed by atoms with Gasteiger partial charge in [0, 0.05) is 23.1 Å². The Hall–Kier alpha value is -3.30. The molecule has 186 valence electrons. The first-order chi connectivity index (χ1) is 17.5. The van der Waals surface area contributed by atoms with Gasteiger partial charge in [-0.25, -0.2) is 4.99 Å². The highest BCUT2D eigenvalue weighted by atomic mass is 79.9. The van der Waals surface area contributed by atoms with Gasteiger partial charge < -0.3 is 14.8 Å². The Morgan fingerprint density at radius 2 is 1.78 bits per heavy atom. The minimum absolute atomic E-state index is 0.0901. The number of methoxy groups -OCH3 is 2. The van der Waals surface area contributed by atoms with Crippen molar-refractivity contribution in [3.8, 4) is 11.5 Å². The lowest BCUT2D eigenvalue weighted by Crippen LogP contribution is -2.46. The summed E-state index contributed by atoms with van der Waals surface area (Å²) in [4.78, 5) is 32.7. The highest BCUT2D eigenvalue weighted by molar-refractivity contribution is 9.10. The minimum Gasteiger partial charge on any atom is -0.493 e. The number of aliphatic imine (C=N–C) groups is 1. The highest BCUT2D eigenvalue weighted by Crippen LogP contribution is 2.31. The van der Waals surface area contributed by atoms with E-state index in [1.807, 2.05) is 72.8 Å². The maximum Gasteiger partial charge on any atom is 0.238 e. The van der Waals surface area contributed by atoms with Crippen LogP contribution in [-0.2, 0) is 16.0 Å². The third kappa shape index (κ3) is 6.47. The first-order valence-electron chi connectivity index (χ1n) is 11.3. The molecule has 2 amide bonds. The molecule has 1 fully saturated rings. The molecule has 3 aromatic rings. The van der Waals surface area contributed by atoms with Gasteiger partial charge in [0.15, 0.2) is 16.7 Å². The summed E-state index contributed by atoms with van der Waals surface area (Å²) in [7, 11) is 3.19. The number of nitrogens with one attached hydrogen (secondary N) is 1. The predicted molar refractivity (Wildman–Crippen MR) is 147 cm³/mol. The van der Waals surface area contributed by atoms with Gasteiger partial charge in [-0.05, 0) is 60.5 Å². The van der Waals surface area contributed by atoms with Crippen molar-refractivity contribution in [1.82, 2.24) is 4.90 Å². The third-order valence-corrected chi connectivity index (χ3v) is 7.31. The zero-order valence-corrected chi connectivity index (χ0v) is 22.3. The quantitative estimate of drug-likeness (QED) is 0.379. The smallest absolute Gasteiger partial charge is 0.238 e. The van der Waals surface area contributed by atoms with Crippen LogP contribution in [0.15, 0.2) is 82.3 Å². The van der Waals surface area contributed by atoms with Gasteiger partial charge >= 0.3 is 0 Å². The summed E-state index contributed by atoms with van der Waals surface area (Å²) in [5.74, 6) is 0.921. The molecule has 1 N–H and O–H groups in total. The lowest BCUT2D eigenvalue weighted by Gasteiger charge is -2.32. The van der Waals surface area contributed by atoms with E-state index < -0.39 is 5.25 Å². The van der Waals surface area contributed by atoms with Gasteiger partial charge in [-0.1, -0.05) is 52.0 Å². The Morgan fingerprint density at radius 3 is 2.47 bits per heavy atom. The second-order valence-corrected chi connectivity index (χ2v) is 10.1. The second-order valence-electron chi connectivity index (χ2n) is 8.02. The molecular formula is C27H26BrN3O4S. The fourth-order valence-corrected chi connectivity index (χ4v) is 5.10. The highest BCUT2D eigenvalue weighted by Gasteiger charge is 2.35. The van der Waals surface area contributed by atoms with Crippen LogP contribution in [0.25, 0.3) is 0 Å². The molecule has 0 aromatic heterocycles. The molecule has 7 nitrogen and oxygen atoms in total. The van der Waals surface area contributed by atoms with E-state index in [1.165, 1.54) is 11.8 Å². The molecule has 0 radical (unpaired) electrons. The maximum atomic E-state index is 13.3. The first-order valence-corrected chi connectivity index (χ1v) is 13.0. The van der Waals surface area contributed by atoms with Gasteiger partial charge in [0.25, 0.3) is 0 Å². The van der Waals surface area contributed by atoms with Gasteiger partial charge in [-0.3, -0.25) is 14.5 Å². The van der Waals surface area contributed by atoms with Crippen molar-refractivity contribution in [2.24, 2.45) is 4.99 Å². The minimum atomic E-state index is -0.582. The van der Waals surface area contributed by atoms with Crippen LogP contribution < -0.4 is 14.8 Å². The normalized spacial score (nSPS) is 16.6. The van der Waals surface area contributed by atoms with Crippen LogP contribution in [0.4, 0.5) is 11.4 Å². The Kier molecular flexibility index (Phi) is 8.66. The molecule has 0 saturated carbocycles.